The minimum Gasteiger partial charge on any atom is -0.336 e. The van der Waals surface area contributed by atoms with Crippen LogP contribution in [-0.2, 0) is 12.8 Å². The molecule has 0 aliphatic heterocycles. The topological polar surface area (TPSA) is 87.3 Å². The first-order valence-corrected chi connectivity index (χ1v) is 6.17. The van der Waals surface area contributed by atoms with E-state index in [4.69, 9.17) is 0 Å². The SMILES string of the molecule is O=c1[nH]nnc2nc(CCCc3ccccc3)[nH]c12. The van der Waals surface area contributed by atoms with Crippen molar-refractivity contribution in [3.8, 4) is 0 Å². The molecule has 0 spiro atoms. The summed E-state index contributed by atoms with van der Waals surface area (Å²) >= 11 is 0. The average Bonchev–Trinajstić information content (AvgIpc) is 2.84. The maximum Gasteiger partial charge on any atom is 0.293 e. The minimum atomic E-state index is -0.285. The van der Waals surface area contributed by atoms with Crippen molar-refractivity contribution in [3.05, 3.63) is 52.1 Å². The van der Waals surface area contributed by atoms with Crippen molar-refractivity contribution < 1.29 is 0 Å². The molecule has 0 aliphatic carbocycles. The third-order valence-corrected chi connectivity index (χ3v) is 2.98. The number of hydrogen-bond donors (Lipinski definition) is 2. The van der Waals surface area contributed by atoms with Crippen molar-refractivity contribution in [2.75, 3.05) is 0 Å². The zero-order chi connectivity index (χ0) is 13.1. The summed E-state index contributed by atoms with van der Waals surface area (Å²) in [5.74, 6) is 0.775. The Labute approximate surface area is 108 Å². The van der Waals surface area contributed by atoms with Crippen LogP contribution in [0.2, 0.25) is 0 Å². The van der Waals surface area contributed by atoms with E-state index in [1.54, 1.807) is 0 Å². The number of nitrogens with one attached hydrogen (secondary N) is 2. The Balaban J connectivity index is 1.69. The molecule has 96 valence electrons. The molecule has 2 N–H and O–H groups in total. The van der Waals surface area contributed by atoms with Crippen LogP contribution in [0.15, 0.2) is 35.1 Å². The van der Waals surface area contributed by atoms with Gasteiger partial charge in [-0.25, -0.2) is 10.1 Å². The van der Waals surface area contributed by atoms with E-state index in [2.05, 4.69) is 37.5 Å². The molecule has 6 heteroatoms. The van der Waals surface area contributed by atoms with Crippen LogP contribution < -0.4 is 5.56 Å². The van der Waals surface area contributed by atoms with E-state index in [0.717, 1.165) is 25.1 Å². The van der Waals surface area contributed by atoms with E-state index in [9.17, 15) is 4.79 Å². The van der Waals surface area contributed by atoms with E-state index in [-0.39, 0.29) is 5.56 Å². The summed E-state index contributed by atoms with van der Waals surface area (Å²) in [6.45, 7) is 0. The molecule has 0 bridgehead atoms. The molecular weight excluding hydrogens is 242 g/mol. The number of H-pyrrole nitrogens is 2. The van der Waals surface area contributed by atoms with Crippen LogP contribution >= 0.6 is 0 Å². The largest absolute Gasteiger partial charge is 0.336 e. The highest BCUT2D eigenvalue weighted by Crippen LogP contribution is 2.08. The fourth-order valence-corrected chi connectivity index (χ4v) is 2.04. The second-order valence-corrected chi connectivity index (χ2v) is 4.36. The second-order valence-electron chi connectivity index (χ2n) is 4.36. The third kappa shape index (κ3) is 2.52. The lowest BCUT2D eigenvalue weighted by Gasteiger charge is -1.99. The van der Waals surface area contributed by atoms with E-state index >= 15 is 0 Å². The van der Waals surface area contributed by atoms with Gasteiger partial charge in [-0.05, 0) is 18.4 Å². The fraction of sp³-hybridized carbons (Fsp3) is 0.231. The molecule has 1 aromatic carbocycles. The molecule has 0 unspecified atom stereocenters. The number of nitrogens with zero attached hydrogens (tertiary/aromatic N) is 3. The maximum atomic E-state index is 11.5. The Morgan fingerprint density at radius 3 is 2.74 bits per heavy atom. The summed E-state index contributed by atoms with van der Waals surface area (Å²) in [6.07, 6.45) is 2.74. The van der Waals surface area contributed by atoms with Gasteiger partial charge in [0.1, 0.15) is 5.82 Å². The van der Waals surface area contributed by atoms with E-state index in [0.29, 0.717) is 11.2 Å². The van der Waals surface area contributed by atoms with Gasteiger partial charge in [-0.15, -0.1) is 5.10 Å². The van der Waals surface area contributed by atoms with Gasteiger partial charge in [0.15, 0.2) is 5.52 Å². The van der Waals surface area contributed by atoms with Crippen LogP contribution in [0.4, 0.5) is 0 Å². The lowest BCUT2D eigenvalue weighted by atomic mass is 10.1. The van der Waals surface area contributed by atoms with Gasteiger partial charge in [0.2, 0.25) is 5.65 Å². The van der Waals surface area contributed by atoms with Gasteiger partial charge in [-0.2, -0.15) is 0 Å². The first-order chi connectivity index (χ1) is 9.33. The fourth-order valence-electron chi connectivity index (χ4n) is 2.04. The molecule has 0 fully saturated rings. The predicted octanol–water partition coefficient (Wildman–Crippen LogP) is 1.22. The van der Waals surface area contributed by atoms with Gasteiger partial charge in [-0.3, -0.25) is 4.79 Å². The molecule has 0 saturated carbocycles. The molecule has 3 aromatic rings. The highest BCUT2D eigenvalue weighted by Gasteiger charge is 2.07. The molecule has 0 aliphatic rings. The number of benzene rings is 1. The standard InChI is InChI=1S/C13H13N5O/c19-13-11-12(16-18-17-13)15-10(14-11)8-4-7-9-5-2-1-3-6-9/h1-3,5-6H,4,7-8H2,(H2,14,15,16,17,19). The van der Waals surface area contributed by atoms with Crippen LogP contribution in [0.5, 0.6) is 0 Å². The van der Waals surface area contributed by atoms with Gasteiger partial charge in [0.05, 0.1) is 0 Å². The summed E-state index contributed by atoms with van der Waals surface area (Å²) in [5.41, 5.74) is 1.78. The van der Waals surface area contributed by atoms with Crippen LogP contribution in [-0.4, -0.2) is 25.4 Å². The maximum absolute atomic E-state index is 11.5. The molecule has 19 heavy (non-hydrogen) atoms. The number of aromatic nitrogens is 5. The number of aromatic amines is 2. The van der Waals surface area contributed by atoms with Gasteiger partial charge in [-0.1, -0.05) is 35.5 Å². The van der Waals surface area contributed by atoms with Gasteiger partial charge < -0.3 is 4.98 Å². The molecule has 0 saturated heterocycles. The predicted molar refractivity (Wildman–Crippen MR) is 70.8 cm³/mol. The van der Waals surface area contributed by atoms with Crippen molar-refractivity contribution in [3.63, 3.8) is 0 Å². The number of aryl methyl sites for hydroxylation is 2. The zero-order valence-corrected chi connectivity index (χ0v) is 10.3. The van der Waals surface area contributed by atoms with Crippen LogP contribution in [0.25, 0.3) is 11.2 Å². The molecule has 6 nitrogen and oxygen atoms in total. The lowest BCUT2D eigenvalue weighted by Crippen LogP contribution is -2.09. The van der Waals surface area contributed by atoms with Crippen molar-refractivity contribution in [2.24, 2.45) is 0 Å². The van der Waals surface area contributed by atoms with Crippen molar-refractivity contribution in [2.45, 2.75) is 19.3 Å². The average molecular weight is 255 g/mol. The van der Waals surface area contributed by atoms with Crippen LogP contribution in [0.3, 0.4) is 0 Å². The highest BCUT2D eigenvalue weighted by molar-refractivity contribution is 5.67. The summed E-state index contributed by atoms with van der Waals surface area (Å²) in [7, 11) is 0. The molecule has 0 atom stereocenters. The van der Waals surface area contributed by atoms with Crippen molar-refractivity contribution >= 4 is 11.2 Å². The molecule has 2 heterocycles. The Morgan fingerprint density at radius 2 is 1.95 bits per heavy atom. The Bertz CT molecular complexity index is 731. The third-order valence-electron chi connectivity index (χ3n) is 2.98. The summed E-state index contributed by atoms with van der Waals surface area (Å²) in [6, 6.07) is 10.3. The van der Waals surface area contributed by atoms with Gasteiger partial charge in [0, 0.05) is 6.42 Å². The monoisotopic (exact) mass is 255 g/mol. The number of hydrogen-bond acceptors (Lipinski definition) is 4. The zero-order valence-electron chi connectivity index (χ0n) is 10.3. The highest BCUT2D eigenvalue weighted by atomic mass is 16.1. The molecule has 2 aromatic heterocycles. The Morgan fingerprint density at radius 1 is 1.11 bits per heavy atom. The van der Waals surface area contributed by atoms with Gasteiger partial charge in [0.25, 0.3) is 5.56 Å². The van der Waals surface area contributed by atoms with Crippen molar-refractivity contribution in [1.82, 2.24) is 25.4 Å². The van der Waals surface area contributed by atoms with E-state index in [1.165, 1.54) is 5.56 Å². The summed E-state index contributed by atoms with van der Waals surface area (Å²) in [5, 5.41) is 9.55. The summed E-state index contributed by atoms with van der Waals surface area (Å²) < 4.78 is 0. The van der Waals surface area contributed by atoms with Crippen LogP contribution in [0, 0.1) is 0 Å². The summed E-state index contributed by atoms with van der Waals surface area (Å²) in [4.78, 5) is 18.7. The Hall–Kier alpha value is -2.50. The van der Waals surface area contributed by atoms with Gasteiger partial charge >= 0.3 is 0 Å². The smallest absolute Gasteiger partial charge is 0.293 e. The first-order valence-electron chi connectivity index (χ1n) is 6.17. The number of imidazole rings is 1. The first kappa shape index (κ1) is 11.6. The van der Waals surface area contributed by atoms with Crippen molar-refractivity contribution in [1.29, 1.82) is 0 Å². The number of rotatable bonds is 4. The molecule has 3 rings (SSSR count). The molecule has 0 radical (unpaired) electrons. The second kappa shape index (κ2) is 5.01. The minimum absolute atomic E-state index is 0.285. The molecular formula is C13H13N5O. The van der Waals surface area contributed by atoms with E-state index in [1.807, 2.05) is 18.2 Å². The molecule has 0 amide bonds. The normalized spacial score (nSPS) is 10.9. The van der Waals surface area contributed by atoms with Crippen LogP contribution in [0.1, 0.15) is 17.8 Å². The number of fused-ring (bicyclic) bond motifs is 1. The lowest BCUT2D eigenvalue weighted by molar-refractivity contribution is 0.785. The Kier molecular flexibility index (Phi) is 3.06. The van der Waals surface area contributed by atoms with E-state index < -0.39 is 0 Å². The quantitative estimate of drug-likeness (QED) is 0.733.